The smallest absolute Gasteiger partial charge is 0.225 e. The Morgan fingerprint density at radius 3 is 2.52 bits per heavy atom. The monoisotopic (exact) mass is 443 g/mol. The summed E-state index contributed by atoms with van der Waals surface area (Å²) in [4.78, 5) is 13.2. The number of fused-ring (bicyclic) bond motifs is 1. The van der Waals surface area contributed by atoms with Crippen LogP contribution in [0.3, 0.4) is 0 Å². The molecule has 0 amide bonds. The molecule has 0 fully saturated rings. The summed E-state index contributed by atoms with van der Waals surface area (Å²) in [5.41, 5.74) is 8.58. The van der Waals surface area contributed by atoms with Crippen molar-refractivity contribution < 1.29 is 8.78 Å². The van der Waals surface area contributed by atoms with Gasteiger partial charge in [-0.2, -0.15) is 4.98 Å². The van der Waals surface area contributed by atoms with Gasteiger partial charge < -0.3 is 11.1 Å². The SMILES string of the molecule is Nc1c2c(-c3cccc(F)c3F)nc(NCc3ccccn3)nc2nn1Cc1ccccc1. The molecule has 3 heterocycles. The van der Waals surface area contributed by atoms with E-state index in [0.29, 0.717) is 18.5 Å². The Hall–Kier alpha value is -4.40. The van der Waals surface area contributed by atoms with Crippen LogP contribution in [-0.4, -0.2) is 24.7 Å². The number of anilines is 2. The molecule has 164 valence electrons. The first kappa shape index (κ1) is 20.5. The predicted octanol–water partition coefficient (Wildman–Crippen LogP) is 4.41. The Kier molecular flexibility index (Phi) is 5.35. The van der Waals surface area contributed by atoms with E-state index in [9.17, 15) is 8.78 Å². The third-order valence-corrected chi connectivity index (χ3v) is 5.18. The van der Waals surface area contributed by atoms with Crippen molar-refractivity contribution in [1.29, 1.82) is 0 Å². The fraction of sp³-hybridized carbons (Fsp3) is 0.0833. The minimum atomic E-state index is -1.01. The van der Waals surface area contributed by atoms with E-state index in [1.165, 1.54) is 12.1 Å². The zero-order valence-electron chi connectivity index (χ0n) is 17.4. The Morgan fingerprint density at radius 2 is 1.73 bits per heavy atom. The number of nitrogens with one attached hydrogen (secondary N) is 1. The molecule has 0 saturated carbocycles. The number of pyridine rings is 1. The molecule has 0 radical (unpaired) electrons. The standard InChI is InChI=1S/C24H19F2N7/c25-18-11-6-10-17(20(18)26)21-19-22(27)33(14-15-7-2-1-3-8-15)32-23(19)31-24(30-21)29-13-16-9-4-5-12-28-16/h1-12H,13-14,27H2,(H,29,31,32). The number of hydrogen-bond acceptors (Lipinski definition) is 6. The predicted molar refractivity (Wildman–Crippen MR) is 122 cm³/mol. The van der Waals surface area contributed by atoms with Crippen LogP contribution in [0.1, 0.15) is 11.3 Å². The number of rotatable bonds is 6. The minimum Gasteiger partial charge on any atom is -0.383 e. The molecule has 0 saturated heterocycles. The van der Waals surface area contributed by atoms with Gasteiger partial charge in [-0.25, -0.2) is 18.4 Å². The first-order valence-electron chi connectivity index (χ1n) is 10.3. The number of nitrogen functional groups attached to an aromatic ring is 1. The number of hydrogen-bond donors (Lipinski definition) is 2. The van der Waals surface area contributed by atoms with E-state index in [1.54, 1.807) is 10.9 Å². The van der Waals surface area contributed by atoms with Crippen molar-refractivity contribution in [3.8, 4) is 11.3 Å². The summed E-state index contributed by atoms with van der Waals surface area (Å²) >= 11 is 0. The maximum atomic E-state index is 14.7. The molecular formula is C24H19F2N7. The quantitative estimate of drug-likeness (QED) is 0.404. The maximum absolute atomic E-state index is 14.7. The van der Waals surface area contributed by atoms with Crippen LogP contribution in [-0.2, 0) is 13.1 Å². The molecule has 0 aliphatic heterocycles. The Balaban J connectivity index is 1.63. The summed E-state index contributed by atoms with van der Waals surface area (Å²) in [5, 5.41) is 7.97. The third-order valence-electron chi connectivity index (χ3n) is 5.18. The van der Waals surface area contributed by atoms with E-state index >= 15 is 0 Å². The zero-order chi connectivity index (χ0) is 22.8. The number of aromatic nitrogens is 5. The van der Waals surface area contributed by atoms with Crippen LogP contribution < -0.4 is 11.1 Å². The van der Waals surface area contributed by atoms with E-state index < -0.39 is 11.6 Å². The molecule has 9 heteroatoms. The molecule has 0 aliphatic rings. The molecule has 33 heavy (non-hydrogen) atoms. The molecule has 0 spiro atoms. The van der Waals surface area contributed by atoms with Crippen molar-refractivity contribution in [2.75, 3.05) is 11.1 Å². The Bertz CT molecular complexity index is 1420. The molecule has 0 unspecified atom stereocenters. The fourth-order valence-corrected chi connectivity index (χ4v) is 3.56. The van der Waals surface area contributed by atoms with Crippen molar-refractivity contribution in [3.05, 3.63) is 95.8 Å². The summed E-state index contributed by atoms with van der Waals surface area (Å²) in [5.74, 6) is -1.51. The van der Waals surface area contributed by atoms with Gasteiger partial charge in [0, 0.05) is 11.8 Å². The number of benzene rings is 2. The Labute approximate surface area is 188 Å². The third kappa shape index (κ3) is 4.08. The first-order valence-corrected chi connectivity index (χ1v) is 10.3. The summed E-state index contributed by atoms with van der Waals surface area (Å²) in [6, 6.07) is 19.1. The highest BCUT2D eigenvalue weighted by Crippen LogP contribution is 2.33. The fourth-order valence-electron chi connectivity index (χ4n) is 3.56. The van der Waals surface area contributed by atoms with Gasteiger partial charge in [-0.05, 0) is 29.8 Å². The molecule has 5 rings (SSSR count). The van der Waals surface area contributed by atoms with Gasteiger partial charge in [0.25, 0.3) is 0 Å². The second-order valence-electron chi connectivity index (χ2n) is 7.40. The normalized spacial score (nSPS) is 11.1. The second kappa shape index (κ2) is 8.62. The van der Waals surface area contributed by atoms with Gasteiger partial charge in [0.1, 0.15) is 5.82 Å². The molecule has 2 aromatic carbocycles. The summed E-state index contributed by atoms with van der Waals surface area (Å²) in [6.07, 6.45) is 1.68. The number of nitrogens with zero attached hydrogens (tertiary/aromatic N) is 5. The van der Waals surface area contributed by atoms with Crippen molar-refractivity contribution in [2.45, 2.75) is 13.1 Å². The average molecular weight is 443 g/mol. The first-order chi connectivity index (χ1) is 16.1. The van der Waals surface area contributed by atoms with E-state index in [4.69, 9.17) is 5.73 Å². The number of halogens is 2. The van der Waals surface area contributed by atoms with Crippen LogP contribution in [0, 0.1) is 11.6 Å². The lowest BCUT2D eigenvalue weighted by molar-refractivity contribution is 0.511. The highest BCUT2D eigenvalue weighted by atomic mass is 19.2. The molecule has 3 N–H and O–H groups in total. The van der Waals surface area contributed by atoms with Crippen molar-refractivity contribution in [1.82, 2.24) is 24.7 Å². The second-order valence-corrected chi connectivity index (χ2v) is 7.40. The van der Waals surface area contributed by atoms with Crippen molar-refractivity contribution in [2.24, 2.45) is 0 Å². The van der Waals surface area contributed by atoms with Crippen LogP contribution in [0.4, 0.5) is 20.5 Å². The molecule has 5 aromatic rings. The van der Waals surface area contributed by atoms with Gasteiger partial charge in [-0.15, -0.1) is 5.10 Å². The maximum Gasteiger partial charge on any atom is 0.225 e. The minimum absolute atomic E-state index is 0.0192. The molecule has 3 aromatic heterocycles. The largest absolute Gasteiger partial charge is 0.383 e. The lowest BCUT2D eigenvalue weighted by atomic mass is 10.1. The average Bonchev–Trinajstić information content (AvgIpc) is 3.15. The van der Waals surface area contributed by atoms with Crippen molar-refractivity contribution >= 4 is 22.8 Å². The summed E-state index contributed by atoms with van der Waals surface area (Å²) in [7, 11) is 0. The molecule has 0 atom stereocenters. The topological polar surface area (TPSA) is 94.5 Å². The lowest BCUT2D eigenvalue weighted by Gasteiger charge is -2.09. The molecular weight excluding hydrogens is 424 g/mol. The van der Waals surface area contributed by atoms with E-state index in [-0.39, 0.29) is 28.7 Å². The highest BCUT2D eigenvalue weighted by molar-refractivity contribution is 5.99. The van der Waals surface area contributed by atoms with Crippen LogP contribution in [0.15, 0.2) is 72.9 Å². The lowest BCUT2D eigenvalue weighted by Crippen LogP contribution is -2.06. The molecule has 0 bridgehead atoms. The van der Waals surface area contributed by atoms with Crippen LogP contribution in [0.2, 0.25) is 0 Å². The van der Waals surface area contributed by atoms with Gasteiger partial charge in [0.2, 0.25) is 5.95 Å². The van der Waals surface area contributed by atoms with Gasteiger partial charge in [-0.3, -0.25) is 4.98 Å². The van der Waals surface area contributed by atoms with Gasteiger partial charge in [0.05, 0.1) is 29.9 Å². The zero-order valence-corrected chi connectivity index (χ0v) is 17.4. The van der Waals surface area contributed by atoms with Crippen LogP contribution in [0.5, 0.6) is 0 Å². The Morgan fingerprint density at radius 1 is 0.909 bits per heavy atom. The van der Waals surface area contributed by atoms with Gasteiger partial charge in [-0.1, -0.05) is 42.5 Å². The summed E-state index contributed by atoms with van der Waals surface area (Å²) < 4.78 is 30.4. The van der Waals surface area contributed by atoms with Crippen molar-refractivity contribution in [3.63, 3.8) is 0 Å². The molecule has 0 aliphatic carbocycles. The van der Waals surface area contributed by atoms with E-state index in [0.717, 1.165) is 17.3 Å². The van der Waals surface area contributed by atoms with Crippen LogP contribution >= 0.6 is 0 Å². The van der Waals surface area contributed by atoms with Gasteiger partial charge >= 0.3 is 0 Å². The highest BCUT2D eigenvalue weighted by Gasteiger charge is 2.21. The van der Waals surface area contributed by atoms with Gasteiger partial charge in [0.15, 0.2) is 17.3 Å². The van der Waals surface area contributed by atoms with E-state index in [2.05, 4.69) is 25.4 Å². The van der Waals surface area contributed by atoms with Crippen LogP contribution in [0.25, 0.3) is 22.3 Å². The number of nitrogens with two attached hydrogens (primary N) is 1. The summed E-state index contributed by atoms with van der Waals surface area (Å²) in [6.45, 7) is 0.739. The van der Waals surface area contributed by atoms with E-state index in [1.807, 2.05) is 48.5 Å². The molecule has 7 nitrogen and oxygen atoms in total.